The Morgan fingerprint density at radius 3 is 2.85 bits per heavy atom. The van der Waals surface area contributed by atoms with Crippen LogP contribution in [0.1, 0.15) is 44.0 Å². The predicted octanol–water partition coefficient (Wildman–Crippen LogP) is 2.93. The topological polar surface area (TPSA) is 50.2 Å². The molecular weight excluding hydrogens is 268 g/mol. The molecule has 0 unspecified atom stereocenters. The zero-order chi connectivity index (χ0) is 14.0. The quantitative estimate of drug-likeness (QED) is 0.910. The minimum absolute atomic E-state index is 0.314. The molecule has 1 N–H and O–H groups in total. The van der Waals surface area contributed by atoms with Crippen molar-refractivity contribution < 1.29 is 0 Å². The zero-order valence-corrected chi connectivity index (χ0v) is 13.0. The monoisotopic (exact) mass is 290 g/mol. The van der Waals surface area contributed by atoms with Gasteiger partial charge < -0.3 is 5.32 Å². The lowest BCUT2D eigenvalue weighted by molar-refractivity contribution is 0.251. The van der Waals surface area contributed by atoms with Crippen LogP contribution in [0.4, 0.5) is 0 Å². The van der Waals surface area contributed by atoms with Crippen LogP contribution in [-0.4, -0.2) is 26.4 Å². The highest BCUT2D eigenvalue weighted by Crippen LogP contribution is 2.38. The number of nitrogens with zero attached hydrogens (tertiary/aromatic N) is 3. The maximum absolute atomic E-state index is 4.66. The van der Waals surface area contributed by atoms with Crippen LogP contribution in [0.2, 0.25) is 0 Å². The molecular formula is C15H22N4S. The van der Waals surface area contributed by atoms with E-state index in [-0.39, 0.29) is 0 Å². The van der Waals surface area contributed by atoms with Gasteiger partial charge in [0.25, 0.3) is 0 Å². The highest BCUT2D eigenvalue weighted by Gasteiger charge is 2.39. The second-order valence-electron chi connectivity index (χ2n) is 6.15. The summed E-state index contributed by atoms with van der Waals surface area (Å²) in [6.45, 7) is 4.93. The zero-order valence-electron chi connectivity index (χ0n) is 12.2. The summed E-state index contributed by atoms with van der Waals surface area (Å²) in [7, 11) is 0. The number of rotatable bonds is 2. The van der Waals surface area contributed by atoms with E-state index in [4.69, 9.17) is 0 Å². The van der Waals surface area contributed by atoms with Gasteiger partial charge in [-0.2, -0.15) is 0 Å². The highest BCUT2D eigenvalue weighted by atomic mass is 32.2. The van der Waals surface area contributed by atoms with Gasteiger partial charge in [0.1, 0.15) is 0 Å². The molecule has 0 atom stereocenters. The van der Waals surface area contributed by atoms with E-state index in [1.54, 1.807) is 6.20 Å². The fourth-order valence-electron chi connectivity index (χ4n) is 2.83. The molecule has 20 heavy (non-hydrogen) atoms. The van der Waals surface area contributed by atoms with E-state index < -0.39 is 0 Å². The number of hydrogen-bond acceptors (Lipinski definition) is 4. The van der Waals surface area contributed by atoms with Gasteiger partial charge in [-0.3, -0.25) is 15.0 Å². The maximum Gasteiger partial charge on any atom is 0.157 e. The summed E-state index contributed by atoms with van der Waals surface area (Å²) in [5.74, 6) is 2.05. The molecule has 1 spiro atoms. The van der Waals surface area contributed by atoms with Crippen molar-refractivity contribution in [2.24, 2.45) is 10.9 Å². The van der Waals surface area contributed by atoms with Crippen molar-refractivity contribution in [2.75, 3.05) is 5.75 Å². The van der Waals surface area contributed by atoms with E-state index in [2.05, 4.69) is 27.2 Å². The van der Waals surface area contributed by atoms with Gasteiger partial charge in [0.05, 0.1) is 24.1 Å². The van der Waals surface area contributed by atoms with Gasteiger partial charge in [-0.05, 0) is 38.5 Å². The van der Waals surface area contributed by atoms with E-state index in [0.717, 1.165) is 28.2 Å². The largest absolute Gasteiger partial charge is 0.359 e. The van der Waals surface area contributed by atoms with Crippen molar-refractivity contribution in [3.63, 3.8) is 0 Å². The van der Waals surface area contributed by atoms with E-state index in [1.165, 1.54) is 25.7 Å². The van der Waals surface area contributed by atoms with Gasteiger partial charge in [0.15, 0.2) is 5.17 Å². The van der Waals surface area contributed by atoms with Gasteiger partial charge in [-0.25, -0.2) is 0 Å². The van der Waals surface area contributed by atoms with E-state index in [1.807, 2.05) is 24.9 Å². The SMILES string of the molecule is Cc1cnc(CN=C2NC3(CCC(C)CC3)CS2)cn1. The fourth-order valence-corrected chi connectivity index (χ4v) is 4.05. The third-order valence-corrected chi connectivity index (χ3v) is 5.51. The lowest BCUT2D eigenvalue weighted by atomic mass is 9.78. The molecule has 1 aliphatic heterocycles. The number of amidine groups is 1. The first kappa shape index (κ1) is 13.9. The summed E-state index contributed by atoms with van der Waals surface area (Å²) in [5, 5.41) is 4.76. The Kier molecular flexibility index (Phi) is 3.96. The Bertz CT molecular complexity index is 489. The summed E-state index contributed by atoms with van der Waals surface area (Å²) < 4.78 is 0. The Hall–Kier alpha value is -1.10. The molecule has 108 valence electrons. The molecule has 1 aliphatic carbocycles. The number of hydrogen-bond donors (Lipinski definition) is 1. The van der Waals surface area contributed by atoms with Crippen LogP contribution in [0, 0.1) is 12.8 Å². The van der Waals surface area contributed by atoms with Crippen LogP contribution < -0.4 is 5.32 Å². The van der Waals surface area contributed by atoms with Crippen molar-refractivity contribution in [3.8, 4) is 0 Å². The van der Waals surface area contributed by atoms with E-state index in [9.17, 15) is 0 Å². The predicted molar refractivity (Wildman–Crippen MR) is 83.9 cm³/mol. The van der Waals surface area contributed by atoms with E-state index in [0.29, 0.717) is 12.1 Å². The van der Waals surface area contributed by atoms with Gasteiger partial charge in [-0.1, -0.05) is 18.7 Å². The lowest BCUT2D eigenvalue weighted by Gasteiger charge is -2.35. The number of aryl methyl sites for hydroxylation is 1. The van der Waals surface area contributed by atoms with Crippen molar-refractivity contribution in [2.45, 2.75) is 51.6 Å². The molecule has 1 aromatic heterocycles. The van der Waals surface area contributed by atoms with Crippen LogP contribution in [0.5, 0.6) is 0 Å². The van der Waals surface area contributed by atoms with Crippen LogP contribution in [0.15, 0.2) is 17.4 Å². The van der Waals surface area contributed by atoms with Crippen molar-refractivity contribution in [1.82, 2.24) is 15.3 Å². The van der Waals surface area contributed by atoms with Crippen LogP contribution in [0.3, 0.4) is 0 Å². The van der Waals surface area contributed by atoms with Crippen molar-refractivity contribution >= 4 is 16.9 Å². The van der Waals surface area contributed by atoms with Gasteiger partial charge in [-0.15, -0.1) is 0 Å². The van der Waals surface area contributed by atoms with Gasteiger partial charge in [0.2, 0.25) is 0 Å². The first-order valence-corrected chi connectivity index (χ1v) is 8.37. The molecule has 0 radical (unpaired) electrons. The smallest absolute Gasteiger partial charge is 0.157 e. The molecule has 4 nitrogen and oxygen atoms in total. The number of nitrogens with one attached hydrogen (secondary N) is 1. The molecule has 3 rings (SSSR count). The summed E-state index contributed by atoms with van der Waals surface area (Å²) in [6.07, 6.45) is 8.86. The number of aromatic nitrogens is 2. The highest BCUT2D eigenvalue weighted by molar-refractivity contribution is 8.14. The standard InChI is InChI=1S/C15H22N4S/c1-11-3-5-15(6-4-11)10-20-14(19-15)18-9-13-8-16-12(2)7-17-13/h7-8,11H,3-6,9-10H2,1-2H3,(H,18,19). The third kappa shape index (κ3) is 3.14. The van der Waals surface area contributed by atoms with Gasteiger partial charge in [0, 0.05) is 17.5 Å². The Balaban J connectivity index is 1.59. The van der Waals surface area contributed by atoms with Crippen LogP contribution in [-0.2, 0) is 6.54 Å². The van der Waals surface area contributed by atoms with Crippen molar-refractivity contribution in [1.29, 1.82) is 0 Å². The number of thioether (sulfide) groups is 1. The molecule has 2 fully saturated rings. The normalized spacial score (nSPS) is 31.7. The molecule has 0 aromatic carbocycles. The molecule has 2 aliphatic rings. The molecule has 0 bridgehead atoms. The summed E-state index contributed by atoms with van der Waals surface area (Å²) in [6, 6.07) is 0. The van der Waals surface area contributed by atoms with E-state index >= 15 is 0 Å². The fraction of sp³-hybridized carbons (Fsp3) is 0.667. The number of aliphatic imine (C=N–C) groups is 1. The average molecular weight is 290 g/mol. The summed E-state index contributed by atoms with van der Waals surface area (Å²) in [4.78, 5) is 13.3. The van der Waals surface area contributed by atoms with Crippen LogP contribution >= 0.6 is 11.8 Å². The molecule has 1 saturated heterocycles. The maximum atomic E-state index is 4.66. The molecule has 0 amide bonds. The first-order chi connectivity index (χ1) is 9.65. The molecule has 2 heterocycles. The molecule has 5 heteroatoms. The average Bonchev–Trinajstić information content (AvgIpc) is 2.85. The minimum Gasteiger partial charge on any atom is -0.359 e. The first-order valence-electron chi connectivity index (χ1n) is 7.38. The second-order valence-corrected chi connectivity index (χ2v) is 7.11. The summed E-state index contributed by atoms with van der Waals surface area (Å²) >= 11 is 1.86. The second kappa shape index (κ2) is 5.72. The Morgan fingerprint density at radius 1 is 1.35 bits per heavy atom. The van der Waals surface area contributed by atoms with Gasteiger partial charge >= 0.3 is 0 Å². The Labute approximate surface area is 124 Å². The Morgan fingerprint density at radius 2 is 2.15 bits per heavy atom. The molecule has 1 saturated carbocycles. The summed E-state index contributed by atoms with van der Waals surface area (Å²) in [5.41, 5.74) is 2.20. The molecule has 1 aromatic rings. The minimum atomic E-state index is 0.314. The van der Waals surface area contributed by atoms with Crippen molar-refractivity contribution in [3.05, 3.63) is 23.8 Å². The third-order valence-electron chi connectivity index (χ3n) is 4.31. The lowest BCUT2D eigenvalue weighted by Crippen LogP contribution is -2.46. The van der Waals surface area contributed by atoms with Crippen LogP contribution in [0.25, 0.3) is 0 Å².